The van der Waals surface area contributed by atoms with Gasteiger partial charge in [0.1, 0.15) is 0 Å². The molecule has 0 unspecified atom stereocenters. The number of thiol groups is 1. The third-order valence-corrected chi connectivity index (χ3v) is 10.7. The van der Waals surface area contributed by atoms with E-state index in [0.29, 0.717) is 16.1 Å². The summed E-state index contributed by atoms with van der Waals surface area (Å²) in [6.45, 7) is 12.7. The predicted octanol–water partition coefficient (Wildman–Crippen LogP) is 8.33. The molecule has 0 saturated heterocycles. The van der Waals surface area contributed by atoms with Crippen molar-refractivity contribution in [2.75, 3.05) is 0 Å². The molecule has 3 fully saturated rings. The Morgan fingerprint density at radius 1 is 1.00 bits per heavy atom. The molecule has 0 spiro atoms. The molecule has 8 atom stereocenters. The number of fused-ring (bicyclic) bond motifs is 5. The number of rotatable bonds is 5. The summed E-state index contributed by atoms with van der Waals surface area (Å²) in [6, 6.07) is 0. The van der Waals surface area contributed by atoms with Crippen molar-refractivity contribution < 1.29 is 0 Å². The minimum atomic E-state index is 0.504. The summed E-state index contributed by atoms with van der Waals surface area (Å²) in [7, 11) is 0. The summed E-state index contributed by atoms with van der Waals surface area (Å²) in [5.74, 6) is 5.70. The fourth-order valence-corrected chi connectivity index (χ4v) is 8.99. The lowest BCUT2D eigenvalue weighted by molar-refractivity contribution is -0.0497. The van der Waals surface area contributed by atoms with E-state index in [-0.39, 0.29) is 0 Å². The van der Waals surface area contributed by atoms with Gasteiger partial charge in [-0.15, -0.1) is 0 Å². The van der Waals surface area contributed by atoms with Crippen molar-refractivity contribution in [3.05, 3.63) is 11.6 Å². The minimum absolute atomic E-state index is 0.504. The normalized spacial score (nSPS) is 46.5. The second-order valence-corrected chi connectivity index (χ2v) is 12.9. The quantitative estimate of drug-likeness (QED) is 0.347. The van der Waals surface area contributed by atoms with E-state index in [9.17, 15) is 0 Å². The summed E-state index contributed by atoms with van der Waals surface area (Å²) in [4.78, 5) is 0. The van der Waals surface area contributed by atoms with Crippen LogP contribution in [0.5, 0.6) is 0 Å². The van der Waals surface area contributed by atoms with Gasteiger partial charge in [0.25, 0.3) is 0 Å². The maximum Gasteiger partial charge on any atom is 0.00545 e. The van der Waals surface area contributed by atoms with Gasteiger partial charge in [0.15, 0.2) is 0 Å². The Kier molecular flexibility index (Phi) is 6.07. The van der Waals surface area contributed by atoms with Crippen LogP contribution in [0.15, 0.2) is 11.6 Å². The molecule has 0 amide bonds. The Morgan fingerprint density at radius 3 is 2.54 bits per heavy atom. The van der Waals surface area contributed by atoms with E-state index in [4.69, 9.17) is 12.6 Å². The molecule has 0 nitrogen and oxygen atoms in total. The molecular weight excluding hydrogens is 356 g/mol. The van der Waals surface area contributed by atoms with E-state index in [1.807, 2.05) is 0 Å². The van der Waals surface area contributed by atoms with Gasteiger partial charge in [-0.3, -0.25) is 0 Å². The highest BCUT2D eigenvalue weighted by Crippen LogP contribution is 2.67. The van der Waals surface area contributed by atoms with Gasteiger partial charge >= 0.3 is 0 Å². The highest BCUT2D eigenvalue weighted by molar-refractivity contribution is 7.80. The topological polar surface area (TPSA) is 0 Å². The molecule has 0 bridgehead atoms. The fourth-order valence-electron chi connectivity index (χ4n) is 8.67. The molecule has 28 heavy (non-hydrogen) atoms. The van der Waals surface area contributed by atoms with Gasteiger partial charge in [0.2, 0.25) is 0 Å². The van der Waals surface area contributed by atoms with Crippen molar-refractivity contribution in [2.24, 2.45) is 46.3 Å². The van der Waals surface area contributed by atoms with Crippen molar-refractivity contribution in [3.63, 3.8) is 0 Å². The number of allylic oxidation sites excluding steroid dienone is 2. The van der Waals surface area contributed by atoms with Crippen LogP contribution in [0.2, 0.25) is 0 Å². The van der Waals surface area contributed by atoms with Gasteiger partial charge in [-0.1, -0.05) is 65.5 Å². The van der Waals surface area contributed by atoms with Crippen molar-refractivity contribution >= 4 is 12.6 Å². The average molecular weight is 403 g/mol. The average Bonchev–Trinajstić information content (AvgIpc) is 2.99. The lowest BCUT2D eigenvalue weighted by Crippen LogP contribution is -2.50. The first-order valence-electron chi connectivity index (χ1n) is 12.6. The van der Waals surface area contributed by atoms with Crippen LogP contribution in [0.4, 0.5) is 0 Å². The monoisotopic (exact) mass is 402 g/mol. The minimum Gasteiger partial charge on any atom is -0.176 e. The molecule has 0 aliphatic heterocycles. The van der Waals surface area contributed by atoms with Crippen LogP contribution < -0.4 is 0 Å². The van der Waals surface area contributed by atoms with E-state index in [1.165, 1.54) is 70.6 Å². The molecule has 3 saturated carbocycles. The molecule has 4 rings (SSSR count). The second kappa shape index (κ2) is 7.97. The van der Waals surface area contributed by atoms with Crippen LogP contribution in [0.1, 0.15) is 105 Å². The summed E-state index contributed by atoms with van der Waals surface area (Å²) in [5.41, 5.74) is 2.92. The first-order chi connectivity index (χ1) is 13.3. The van der Waals surface area contributed by atoms with Crippen molar-refractivity contribution in [1.29, 1.82) is 0 Å². The van der Waals surface area contributed by atoms with Crippen molar-refractivity contribution in [3.8, 4) is 0 Å². The molecule has 0 heterocycles. The van der Waals surface area contributed by atoms with Crippen LogP contribution in [-0.2, 0) is 0 Å². The van der Waals surface area contributed by atoms with Gasteiger partial charge in [-0.2, -0.15) is 12.6 Å². The van der Waals surface area contributed by atoms with Gasteiger partial charge in [0.05, 0.1) is 0 Å². The standard InChI is InChI=1S/C27H46S/c1-18(2)7-6-8-19(3)23-11-12-24-22-10-9-20-17-21(28)13-15-26(20,4)25(22)14-16-27(23,24)5/h9,18-19,21-25,28H,6-8,10-17H2,1-5H3/t19-,21+,22-,23+,24-,25-,26+,27-/m1/s1. The van der Waals surface area contributed by atoms with E-state index >= 15 is 0 Å². The zero-order valence-corrected chi connectivity index (χ0v) is 20.2. The maximum atomic E-state index is 4.84. The third kappa shape index (κ3) is 3.54. The summed E-state index contributed by atoms with van der Waals surface area (Å²) >= 11 is 4.84. The Labute approximate surface area is 181 Å². The van der Waals surface area contributed by atoms with Crippen LogP contribution in [0.3, 0.4) is 0 Å². The lowest BCUT2D eigenvalue weighted by atomic mass is 9.47. The smallest absolute Gasteiger partial charge is 0.00545 e. The molecule has 4 aliphatic rings. The molecule has 0 aromatic heterocycles. The second-order valence-electron chi connectivity index (χ2n) is 12.2. The molecule has 0 radical (unpaired) electrons. The molecule has 160 valence electrons. The highest BCUT2D eigenvalue weighted by atomic mass is 32.1. The Bertz CT molecular complexity index is 591. The molecular formula is C27H46S. The van der Waals surface area contributed by atoms with Crippen LogP contribution in [0.25, 0.3) is 0 Å². The van der Waals surface area contributed by atoms with E-state index in [2.05, 4.69) is 40.7 Å². The van der Waals surface area contributed by atoms with Crippen LogP contribution in [-0.4, -0.2) is 5.25 Å². The fraction of sp³-hybridized carbons (Fsp3) is 0.926. The molecule has 1 heteroatoms. The summed E-state index contributed by atoms with van der Waals surface area (Å²) < 4.78 is 0. The van der Waals surface area contributed by atoms with Crippen LogP contribution in [0, 0.1) is 46.3 Å². The largest absolute Gasteiger partial charge is 0.176 e. The Balaban J connectivity index is 1.49. The van der Waals surface area contributed by atoms with Crippen LogP contribution >= 0.6 is 12.6 Å². The summed E-state index contributed by atoms with van der Waals surface area (Å²) in [6.07, 6.45) is 18.4. The van der Waals surface area contributed by atoms with Gasteiger partial charge in [0, 0.05) is 5.25 Å². The van der Waals surface area contributed by atoms with Gasteiger partial charge < -0.3 is 0 Å². The number of hydrogen-bond acceptors (Lipinski definition) is 1. The molecule has 4 aliphatic carbocycles. The van der Waals surface area contributed by atoms with E-state index < -0.39 is 0 Å². The van der Waals surface area contributed by atoms with E-state index in [1.54, 1.807) is 5.57 Å². The number of hydrogen-bond donors (Lipinski definition) is 1. The Morgan fingerprint density at radius 2 is 1.79 bits per heavy atom. The first-order valence-corrected chi connectivity index (χ1v) is 13.1. The third-order valence-electron chi connectivity index (χ3n) is 10.3. The zero-order valence-electron chi connectivity index (χ0n) is 19.3. The maximum absolute atomic E-state index is 4.84. The molecule has 0 N–H and O–H groups in total. The molecule has 0 aromatic rings. The van der Waals surface area contributed by atoms with Crippen molar-refractivity contribution in [2.45, 2.75) is 110 Å². The van der Waals surface area contributed by atoms with E-state index in [0.717, 1.165) is 35.5 Å². The zero-order chi connectivity index (χ0) is 20.1. The van der Waals surface area contributed by atoms with Crippen molar-refractivity contribution in [1.82, 2.24) is 0 Å². The first kappa shape index (κ1) is 21.3. The summed E-state index contributed by atoms with van der Waals surface area (Å²) in [5, 5.41) is 0.618. The molecule has 0 aromatic carbocycles. The Hall–Kier alpha value is 0.0900. The highest BCUT2D eigenvalue weighted by Gasteiger charge is 2.58. The predicted molar refractivity (Wildman–Crippen MR) is 126 cm³/mol. The SMILES string of the molecule is CC(C)CCC[C@@H](C)[C@@H]1CC[C@@H]2[C@H]3CC=C4C[C@@H](S)CC[C@]4(C)[C@@H]3CC[C@@]21C. The lowest BCUT2D eigenvalue weighted by Gasteiger charge is -2.58. The van der Waals surface area contributed by atoms with Gasteiger partial charge in [-0.25, -0.2) is 0 Å². The van der Waals surface area contributed by atoms with Gasteiger partial charge in [-0.05, 0) is 97.7 Å².